The van der Waals surface area contributed by atoms with Gasteiger partial charge in [0.25, 0.3) is 0 Å². The highest BCUT2D eigenvalue weighted by Gasteiger charge is 2.22. The van der Waals surface area contributed by atoms with E-state index in [2.05, 4.69) is 32.9 Å². The molecular formula is C13H19N. The molecule has 1 aliphatic carbocycles. The van der Waals surface area contributed by atoms with Crippen LogP contribution in [0.25, 0.3) is 0 Å². The summed E-state index contributed by atoms with van der Waals surface area (Å²) < 4.78 is 0. The zero-order chi connectivity index (χ0) is 10.3. The van der Waals surface area contributed by atoms with Crippen LogP contribution in [0.2, 0.25) is 0 Å². The van der Waals surface area contributed by atoms with Crippen LogP contribution in [0.15, 0.2) is 12.1 Å². The molecule has 1 aromatic carbocycles. The number of rotatable bonds is 0. The molecule has 0 aromatic heterocycles. The quantitative estimate of drug-likeness (QED) is 0.666. The molecule has 0 bridgehead atoms. The Morgan fingerprint density at radius 2 is 1.64 bits per heavy atom. The highest BCUT2D eigenvalue weighted by Crippen LogP contribution is 2.37. The van der Waals surface area contributed by atoms with Gasteiger partial charge in [0.15, 0.2) is 0 Å². The Bertz CT molecular complexity index is 319. The molecule has 1 heteroatoms. The molecule has 2 unspecified atom stereocenters. The first kappa shape index (κ1) is 9.72. The lowest BCUT2D eigenvalue weighted by molar-refractivity contribution is 0.513. The zero-order valence-electron chi connectivity index (χ0n) is 9.30. The number of hydrogen-bond donors (Lipinski definition) is 1. The predicted octanol–water partition coefficient (Wildman–Crippen LogP) is 3.20. The summed E-state index contributed by atoms with van der Waals surface area (Å²) in [7, 11) is 0. The van der Waals surface area contributed by atoms with Crippen LogP contribution >= 0.6 is 0 Å². The third-order valence-corrected chi connectivity index (χ3v) is 3.54. The Labute approximate surface area is 86.3 Å². The van der Waals surface area contributed by atoms with Crippen molar-refractivity contribution in [2.45, 2.75) is 45.6 Å². The molecule has 0 spiro atoms. The Balaban J connectivity index is 2.56. The average molecular weight is 189 g/mol. The van der Waals surface area contributed by atoms with Crippen LogP contribution in [0.4, 0.5) is 0 Å². The molecule has 1 nitrogen and oxygen atoms in total. The molecule has 1 aromatic rings. The van der Waals surface area contributed by atoms with Crippen molar-refractivity contribution in [1.82, 2.24) is 0 Å². The zero-order valence-corrected chi connectivity index (χ0v) is 9.30. The summed E-state index contributed by atoms with van der Waals surface area (Å²) >= 11 is 0. The minimum absolute atomic E-state index is 0.264. The van der Waals surface area contributed by atoms with Crippen molar-refractivity contribution in [3.63, 3.8) is 0 Å². The lowest BCUT2D eigenvalue weighted by atomic mass is 9.80. The summed E-state index contributed by atoms with van der Waals surface area (Å²) in [5.41, 5.74) is 11.7. The van der Waals surface area contributed by atoms with E-state index in [0.29, 0.717) is 5.92 Å². The minimum atomic E-state index is 0.264. The van der Waals surface area contributed by atoms with E-state index in [1.54, 1.807) is 0 Å². The Kier molecular flexibility index (Phi) is 2.36. The molecule has 0 fully saturated rings. The fourth-order valence-corrected chi connectivity index (χ4v) is 2.35. The van der Waals surface area contributed by atoms with E-state index in [0.717, 1.165) is 6.42 Å². The normalized spacial score (nSPS) is 26.0. The van der Waals surface area contributed by atoms with E-state index in [1.807, 2.05) is 0 Å². The molecule has 2 rings (SSSR count). The van der Waals surface area contributed by atoms with Crippen molar-refractivity contribution in [3.05, 3.63) is 34.4 Å². The minimum Gasteiger partial charge on any atom is -0.324 e. The van der Waals surface area contributed by atoms with Gasteiger partial charge >= 0.3 is 0 Å². The van der Waals surface area contributed by atoms with Crippen LogP contribution in [0.1, 0.15) is 54.0 Å². The topological polar surface area (TPSA) is 26.0 Å². The van der Waals surface area contributed by atoms with Crippen molar-refractivity contribution in [1.29, 1.82) is 0 Å². The molecule has 0 amide bonds. The Morgan fingerprint density at radius 1 is 1.07 bits per heavy atom. The summed E-state index contributed by atoms with van der Waals surface area (Å²) in [6.07, 6.45) is 2.37. The number of nitrogens with two attached hydrogens (primary N) is 1. The van der Waals surface area contributed by atoms with Gasteiger partial charge in [0.05, 0.1) is 0 Å². The molecule has 0 saturated carbocycles. The van der Waals surface area contributed by atoms with Gasteiger partial charge in [-0.3, -0.25) is 0 Å². The fourth-order valence-electron chi connectivity index (χ4n) is 2.35. The van der Waals surface area contributed by atoms with Crippen LogP contribution in [0.3, 0.4) is 0 Å². The monoisotopic (exact) mass is 189 g/mol. The molecule has 14 heavy (non-hydrogen) atoms. The number of hydrogen-bond acceptors (Lipinski definition) is 1. The van der Waals surface area contributed by atoms with Crippen LogP contribution in [0, 0.1) is 13.8 Å². The van der Waals surface area contributed by atoms with E-state index in [1.165, 1.54) is 28.7 Å². The highest BCUT2D eigenvalue weighted by molar-refractivity contribution is 5.42. The predicted molar refractivity (Wildman–Crippen MR) is 60.5 cm³/mol. The van der Waals surface area contributed by atoms with Gasteiger partial charge in [-0.05, 0) is 54.9 Å². The molecule has 0 aliphatic heterocycles. The summed E-state index contributed by atoms with van der Waals surface area (Å²) in [5, 5.41) is 0. The Hall–Kier alpha value is -0.820. The molecule has 0 radical (unpaired) electrons. The number of aryl methyl sites for hydroxylation is 2. The van der Waals surface area contributed by atoms with E-state index in [9.17, 15) is 0 Å². The summed E-state index contributed by atoms with van der Waals surface area (Å²) in [6.45, 7) is 6.66. The lowest BCUT2D eigenvalue weighted by Crippen LogP contribution is -2.19. The Morgan fingerprint density at radius 3 is 2.29 bits per heavy atom. The average Bonchev–Trinajstić information content (AvgIpc) is 2.15. The maximum atomic E-state index is 6.13. The first-order valence-electron chi connectivity index (χ1n) is 5.46. The van der Waals surface area contributed by atoms with E-state index in [4.69, 9.17) is 5.73 Å². The maximum Gasteiger partial charge on any atom is 0.0297 e. The first-order valence-corrected chi connectivity index (χ1v) is 5.46. The SMILES string of the molecule is Cc1cc2c(cc1C)C(N)CCC2C. The third kappa shape index (κ3) is 1.46. The molecule has 2 N–H and O–H groups in total. The van der Waals surface area contributed by atoms with Gasteiger partial charge in [0.2, 0.25) is 0 Å². The van der Waals surface area contributed by atoms with Gasteiger partial charge in [-0.15, -0.1) is 0 Å². The smallest absolute Gasteiger partial charge is 0.0297 e. The van der Waals surface area contributed by atoms with Crippen LogP contribution in [-0.2, 0) is 0 Å². The van der Waals surface area contributed by atoms with Crippen molar-refractivity contribution < 1.29 is 0 Å². The molecule has 0 heterocycles. The lowest BCUT2D eigenvalue weighted by Gasteiger charge is -2.28. The standard InChI is InChI=1S/C13H19N/c1-8-4-5-13(14)12-7-10(3)9(2)6-11(8)12/h6-8,13H,4-5,14H2,1-3H3. The first-order chi connectivity index (χ1) is 6.59. The van der Waals surface area contributed by atoms with E-state index >= 15 is 0 Å². The van der Waals surface area contributed by atoms with Crippen LogP contribution in [0.5, 0.6) is 0 Å². The van der Waals surface area contributed by atoms with Gasteiger partial charge in [-0.1, -0.05) is 19.1 Å². The van der Waals surface area contributed by atoms with E-state index in [-0.39, 0.29) is 6.04 Å². The van der Waals surface area contributed by atoms with Crippen molar-refractivity contribution in [3.8, 4) is 0 Å². The fraction of sp³-hybridized carbons (Fsp3) is 0.538. The summed E-state index contributed by atoms with van der Waals surface area (Å²) in [4.78, 5) is 0. The second kappa shape index (κ2) is 3.39. The molecule has 0 saturated heterocycles. The molecular weight excluding hydrogens is 170 g/mol. The summed E-state index contributed by atoms with van der Waals surface area (Å²) in [6, 6.07) is 4.87. The third-order valence-electron chi connectivity index (χ3n) is 3.54. The van der Waals surface area contributed by atoms with Gasteiger partial charge in [-0.25, -0.2) is 0 Å². The maximum absolute atomic E-state index is 6.13. The largest absolute Gasteiger partial charge is 0.324 e. The van der Waals surface area contributed by atoms with Gasteiger partial charge < -0.3 is 5.73 Å². The van der Waals surface area contributed by atoms with Crippen molar-refractivity contribution >= 4 is 0 Å². The molecule has 76 valence electrons. The van der Waals surface area contributed by atoms with Crippen LogP contribution < -0.4 is 5.73 Å². The van der Waals surface area contributed by atoms with Gasteiger partial charge in [0, 0.05) is 6.04 Å². The van der Waals surface area contributed by atoms with Gasteiger partial charge in [-0.2, -0.15) is 0 Å². The second-order valence-corrected chi connectivity index (χ2v) is 4.65. The highest BCUT2D eigenvalue weighted by atomic mass is 14.6. The molecule has 2 atom stereocenters. The number of benzene rings is 1. The van der Waals surface area contributed by atoms with Crippen LogP contribution in [-0.4, -0.2) is 0 Å². The molecule has 1 aliphatic rings. The summed E-state index contributed by atoms with van der Waals surface area (Å²) in [5.74, 6) is 0.684. The van der Waals surface area contributed by atoms with Crippen molar-refractivity contribution in [2.24, 2.45) is 5.73 Å². The van der Waals surface area contributed by atoms with Crippen molar-refractivity contribution in [2.75, 3.05) is 0 Å². The second-order valence-electron chi connectivity index (χ2n) is 4.65. The number of fused-ring (bicyclic) bond motifs is 1. The van der Waals surface area contributed by atoms with Gasteiger partial charge in [0.1, 0.15) is 0 Å². The van der Waals surface area contributed by atoms with E-state index < -0.39 is 0 Å².